The van der Waals surface area contributed by atoms with Crippen LogP contribution in [0.15, 0.2) is 36.7 Å². The number of para-hydroxylation sites is 1. The fourth-order valence-corrected chi connectivity index (χ4v) is 5.56. The number of nitrogen functional groups attached to an aromatic ring is 2. The van der Waals surface area contributed by atoms with Crippen LogP contribution >= 0.6 is 7.75 Å². The van der Waals surface area contributed by atoms with Crippen LogP contribution in [-0.2, 0) is 23.4 Å². The van der Waals surface area contributed by atoms with Gasteiger partial charge in [-0.3, -0.25) is 13.9 Å². The van der Waals surface area contributed by atoms with Crippen LogP contribution in [0.2, 0.25) is 0 Å². The van der Waals surface area contributed by atoms with Crippen molar-refractivity contribution in [1.29, 1.82) is 0 Å². The quantitative estimate of drug-likeness (QED) is 0.172. The number of hydrogen-bond acceptors (Lipinski definition) is 13. The van der Waals surface area contributed by atoms with Crippen LogP contribution < -0.4 is 26.8 Å². The third kappa shape index (κ3) is 6.13. The maximum absolute atomic E-state index is 13.8. The number of ether oxygens (including phenoxy) is 2. The Labute approximate surface area is 224 Å². The second-order valence-electron chi connectivity index (χ2n) is 9.66. The zero-order valence-corrected chi connectivity index (χ0v) is 22.8. The van der Waals surface area contributed by atoms with Crippen LogP contribution in [0.1, 0.15) is 33.9 Å². The van der Waals surface area contributed by atoms with E-state index in [9.17, 15) is 14.5 Å². The lowest BCUT2D eigenvalue weighted by Crippen LogP contribution is -2.52. The number of hydrogen-bond donors (Lipinski definition) is 5. The summed E-state index contributed by atoms with van der Waals surface area (Å²) in [6.45, 7) is 6.01. The molecule has 8 N–H and O–H groups in total. The van der Waals surface area contributed by atoms with Gasteiger partial charge < -0.3 is 36.3 Å². The first-order valence-electron chi connectivity index (χ1n) is 12.2. The van der Waals surface area contributed by atoms with Crippen LogP contribution in [0.3, 0.4) is 0 Å². The predicted octanol–water partition coefficient (Wildman–Crippen LogP) is 1.10. The molecule has 0 radical (unpaired) electrons. The van der Waals surface area contributed by atoms with E-state index >= 15 is 0 Å². The first kappa shape index (κ1) is 28.7. The van der Waals surface area contributed by atoms with E-state index in [1.54, 1.807) is 51.1 Å². The number of esters is 1. The van der Waals surface area contributed by atoms with Gasteiger partial charge in [0.2, 0.25) is 5.95 Å². The van der Waals surface area contributed by atoms with E-state index < -0.39 is 50.3 Å². The summed E-state index contributed by atoms with van der Waals surface area (Å²) in [5, 5.41) is 13.6. The molecule has 2 aromatic heterocycles. The molecule has 212 valence electrons. The molecule has 1 saturated heterocycles. The van der Waals surface area contributed by atoms with Gasteiger partial charge in [0, 0.05) is 0 Å². The Morgan fingerprint density at radius 1 is 1.26 bits per heavy atom. The molecule has 0 unspecified atom stereocenters. The minimum Gasteiger partial charge on any atom is -0.462 e. The molecule has 0 amide bonds. The van der Waals surface area contributed by atoms with Gasteiger partial charge in [-0.25, -0.2) is 9.55 Å². The van der Waals surface area contributed by atoms with Gasteiger partial charge in [0.05, 0.1) is 24.6 Å². The maximum Gasteiger partial charge on any atom is 0.459 e. The van der Waals surface area contributed by atoms with Crippen molar-refractivity contribution in [3.8, 4) is 5.75 Å². The zero-order chi connectivity index (χ0) is 28.5. The van der Waals surface area contributed by atoms with E-state index in [0.717, 1.165) is 0 Å². The Hall–Kier alpha value is -3.33. The Morgan fingerprint density at radius 2 is 1.95 bits per heavy atom. The van der Waals surface area contributed by atoms with Gasteiger partial charge in [-0.2, -0.15) is 15.1 Å². The van der Waals surface area contributed by atoms with E-state index in [4.69, 9.17) is 35.7 Å². The number of nitrogens with zero attached hydrogens (tertiary/aromatic N) is 4. The molecule has 0 saturated carbocycles. The summed E-state index contributed by atoms with van der Waals surface area (Å²) in [5.41, 5.74) is 17.3. The summed E-state index contributed by atoms with van der Waals surface area (Å²) in [4.78, 5) is 24.7. The first-order chi connectivity index (χ1) is 18.3. The van der Waals surface area contributed by atoms with Crippen molar-refractivity contribution < 1.29 is 33.0 Å². The Bertz CT molecular complexity index is 1370. The lowest BCUT2D eigenvalue weighted by Gasteiger charge is -2.28. The topological polar surface area (TPSA) is 225 Å². The first-order valence-corrected chi connectivity index (χ1v) is 13.7. The van der Waals surface area contributed by atoms with Crippen molar-refractivity contribution in [2.45, 2.75) is 63.8 Å². The average Bonchev–Trinajstić information content (AvgIpc) is 3.36. The minimum atomic E-state index is -4.20. The van der Waals surface area contributed by atoms with Gasteiger partial charge in [0.15, 0.2) is 17.7 Å². The molecule has 3 heterocycles. The second-order valence-corrected chi connectivity index (χ2v) is 11.4. The summed E-state index contributed by atoms with van der Waals surface area (Å²) in [7, 11) is -4.20. The van der Waals surface area contributed by atoms with Gasteiger partial charge in [0.25, 0.3) is 0 Å². The number of benzene rings is 1. The van der Waals surface area contributed by atoms with E-state index in [2.05, 4.69) is 20.0 Å². The minimum absolute atomic E-state index is 0.0728. The SMILES string of the molecule is CC(C)OC(=O)[C@@H](C)N[P@@](=O)(OC[C@H]1O[C@@H](n2cnc3c(N)nc(N)nc32)[C@](C)(N)[C@@H]1O)Oc1ccccc1. The van der Waals surface area contributed by atoms with Crippen molar-refractivity contribution in [2.24, 2.45) is 5.73 Å². The lowest BCUT2D eigenvalue weighted by atomic mass is 9.93. The molecule has 4 rings (SSSR count). The summed E-state index contributed by atoms with van der Waals surface area (Å²) in [6.07, 6.45) is -2.32. The highest BCUT2D eigenvalue weighted by molar-refractivity contribution is 7.52. The maximum atomic E-state index is 13.8. The van der Waals surface area contributed by atoms with Gasteiger partial charge in [0.1, 0.15) is 29.5 Å². The van der Waals surface area contributed by atoms with Crippen molar-refractivity contribution >= 4 is 36.6 Å². The molecule has 16 heteroatoms. The highest BCUT2D eigenvalue weighted by Gasteiger charge is 2.53. The number of nitrogens with two attached hydrogens (primary N) is 3. The number of imidazole rings is 1. The summed E-state index contributed by atoms with van der Waals surface area (Å²) in [5.74, 6) is -0.422. The van der Waals surface area contributed by atoms with Crippen LogP contribution in [0.5, 0.6) is 5.75 Å². The van der Waals surface area contributed by atoms with Crippen LogP contribution in [0.25, 0.3) is 11.2 Å². The molecule has 39 heavy (non-hydrogen) atoms. The molecule has 1 fully saturated rings. The molecule has 0 aliphatic carbocycles. The van der Waals surface area contributed by atoms with Gasteiger partial charge in [-0.05, 0) is 39.8 Å². The Balaban J connectivity index is 1.55. The molecule has 3 aromatic rings. The van der Waals surface area contributed by atoms with Crippen LogP contribution in [0, 0.1) is 0 Å². The molecule has 1 aliphatic heterocycles. The summed E-state index contributed by atoms with van der Waals surface area (Å²) >= 11 is 0. The molecule has 0 bridgehead atoms. The summed E-state index contributed by atoms with van der Waals surface area (Å²) < 4.78 is 37.8. The number of nitrogens with one attached hydrogen (secondary N) is 1. The van der Waals surface area contributed by atoms with Crippen molar-refractivity contribution in [3.63, 3.8) is 0 Å². The number of aromatic nitrogens is 4. The highest BCUT2D eigenvalue weighted by atomic mass is 31.2. The van der Waals surface area contributed by atoms with Crippen LogP contribution in [-0.4, -0.2) is 67.1 Å². The predicted molar refractivity (Wildman–Crippen MR) is 141 cm³/mol. The highest BCUT2D eigenvalue weighted by Crippen LogP contribution is 2.47. The van der Waals surface area contributed by atoms with Crippen molar-refractivity contribution in [2.75, 3.05) is 18.1 Å². The Kier molecular flexibility index (Phi) is 8.12. The molecular formula is C23H33N8O7P. The second kappa shape index (κ2) is 11.0. The van der Waals surface area contributed by atoms with Gasteiger partial charge in [-0.1, -0.05) is 18.2 Å². The number of aliphatic hydroxyl groups excluding tert-OH is 1. The van der Waals surface area contributed by atoms with Crippen LogP contribution in [0.4, 0.5) is 11.8 Å². The molecule has 0 spiro atoms. The zero-order valence-electron chi connectivity index (χ0n) is 21.9. The monoisotopic (exact) mass is 564 g/mol. The summed E-state index contributed by atoms with van der Waals surface area (Å²) in [6, 6.07) is 7.23. The third-order valence-corrected chi connectivity index (χ3v) is 7.62. The normalized spacial score (nSPS) is 25.5. The fourth-order valence-electron chi connectivity index (χ4n) is 4.06. The number of rotatable bonds is 10. The van der Waals surface area contributed by atoms with Gasteiger partial charge >= 0.3 is 13.7 Å². The molecule has 1 aromatic carbocycles. The standard InChI is InChI=1S/C23H33N8O7P/c1-12(2)36-20(33)13(3)30-39(34,38-14-8-6-5-7-9-14)35-10-15-17(32)23(4,26)21(37-15)31-11-27-16-18(24)28-22(25)29-19(16)31/h5-9,11-13,15,17,21,32H,10,26H2,1-4H3,(H,30,34)(H4,24,25,28,29)/t13-,15-,17-,21-,23-,39-/m1/s1. The largest absolute Gasteiger partial charge is 0.462 e. The van der Waals surface area contributed by atoms with Gasteiger partial charge in [-0.15, -0.1) is 0 Å². The van der Waals surface area contributed by atoms with E-state index in [0.29, 0.717) is 0 Å². The Morgan fingerprint density at radius 3 is 2.62 bits per heavy atom. The molecule has 6 atom stereocenters. The number of aliphatic hydroxyl groups is 1. The fraction of sp³-hybridized carbons (Fsp3) is 0.478. The average molecular weight is 565 g/mol. The smallest absolute Gasteiger partial charge is 0.459 e. The van der Waals surface area contributed by atoms with E-state index in [1.165, 1.54) is 17.8 Å². The van der Waals surface area contributed by atoms with Crippen molar-refractivity contribution in [1.82, 2.24) is 24.6 Å². The molecular weight excluding hydrogens is 531 g/mol. The lowest BCUT2D eigenvalue weighted by molar-refractivity contribution is -0.149. The molecule has 1 aliphatic rings. The van der Waals surface area contributed by atoms with E-state index in [-0.39, 0.29) is 34.8 Å². The number of anilines is 2. The molecule has 15 nitrogen and oxygen atoms in total. The number of fused-ring (bicyclic) bond motifs is 1. The number of carbonyl (C=O) groups excluding carboxylic acids is 1. The van der Waals surface area contributed by atoms with E-state index in [1.807, 2.05) is 0 Å². The third-order valence-electron chi connectivity index (χ3n) is 5.98. The number of carbonyl (C=O) groups is 1. The van der Waals surface area contributed by atoms with Crippen molar-refractivity contribution in [3.05, 3.63) is 36.7 Å².